The molecule has 0 unspecified atom stereocenters. The molecule has 92 valence electrons. The van der Waals surface area contributed by atoms with Gasteiger partial charge in [0.15, 0.2) is 0 Å². The fraction of sp³-hybridized carbons (Fsp3) is 0.923. The van der Waals surface area contributed by atoms with Crippen LogP contribution < -0.4 is 5.32 Å². The Balaban J connectivity index is 1.83. The number of ether oxygens (including phenoxy) is 1. The van der Waals surface area contributed by atoms with Gasteiger partial charge in [0.1, 0.15) is 0 Å². The van der Waals surface area contributed by atoms with E-state index in [0.717, 1.165) is 32.5 Å². The highest BCUT2D eigenvalue weighted by molar-refractivity contribution is 5.76. The summed E-state index contributed by atoms with van der Waals surface area (Å²) >= 11 is 0. The first-order chi connectivity index (χ1) is 7.62. The minimum Gasteiger partial charge on any atom is -0.381 e. The number of hydrogen-bond acceptors (Lipinski definition) is 2. The van der Waals surface area contributed by atoms with E-state index in [2.05, 4.69) is 19.2 Å². The smallest absolute Gasteiger partial charge is 0.220 e. The lowest BCUT2D eigenvalue weighted by Gasteiger charge is -2.52. The summed E-state index contributed by atoms with van der Waals surface area (Å²) in [6.45, 7) is 5.92. The summed E-state index contributed by atoms with van der Waals surface area (Å²) in [6.07, 6.45) is 5.33. The van der Waals surface area contributed by atoms with Crippen molar-refractivity contribution in [3.05, 3.63) is 0 Å². The first-order valence-electron chi connectivity index (χ1n) is 6.49. The Morgan fingerprint density at radius 1 is 1.38 bits per heavy atom. The van der Waals surface area contributed by atoms with Gasteiger partial charge in [-0.15, -0.1) is 0 Å². The second-order valence-corrected chi connectivity index (χ2v) is 5.73. The summed E-state index contributed by atoms with van der Waals surface area (Å²) in [7, 11) is 0. The largest absolute Gasteiger partial charge is 0.381 e. The van der Waals surface area contributed by atoms with Crippen LogP contribution in [0, 0.1) is 11.3 Å². The Hall–Kier alpha value is -0.570. The van der Waals surface area contributed by atoms with Gasteiger partial charge < -0.3 is 10.1 Å². The molecule has 1 saturated carbocycles. The first-order valence-corrected chi connectivity index (χ1v) is 6.49. The van der Waals surface area contributed by atoms with E-state index in [9.17, 15) is 4.79 Å². The molecule has 1 saturated heterocycles. The number of hydrogen-bond donors (Lipinski definition) is 1. The average molecular weight is 225 g/mol. The van der Waals surface area contributed by atoms with Crippen LogP contribution in [0.15, 0.2) is 0 Å². The molecule has 1 aliphatic carbocycles. The molecule has 1 amide bonds. The van der Waals surface area contributed by atoms with E-state index < -0.39 is 0 Å². The van der Waals surface area contributed by atoms with Crippen molar-refractivity contribution in [2.75, 3.05) is 13.2 Å². The number of carbonyl (C=O) groups is 1. The van der Waals surface area contributed by atoms with Crippen LogP contribution in [0.5, 0.6) is 0 Å². The summed E-state index contributed by atoms with van der Waals surface area (Å²) in [4.78, 5) is 11.7. The van der Waals surface area contributed by atoms with Gasteiger partial charge >= 0.3 is 0 Å². The molecular formula is C13H23NO2. The van der Waals surface area contributed by atoms with Crippen LogP contribution in [0.1, 0.15) is 46.0 Å². The minimum absolute atomic E-state index is 0.227. The van der Waals surface area contributed by atoms with Crippen molar-refractivity contribution in [3.8, 4) is 0 Å². The van der Waals surface area contributed by atoms with Crippen molar-refractivity contribution < 1.29 is 9.53 Å². The third-order valence-electron chi connectivity index (χ3n) is 4.09. The van der Waals surface area contributed by atoms with E-state index in [-0.39, 0.29) is 5.91 Å². The third kappa shape index (κ3) is 2.40. The average Bonchev–Trinajstić information content (AvgIpc) is 2.25. The van der Waals surface area contributed by atoms with Crippen molar-refractivity contribution in [3.63, 3.8) is 0 Å². The lowest BCUT2D eigenvalue weighted by Crippen LogP contribution is -2.57. The molecule has 1 atom stereocenters. The topological polar surface area (TPSA) is 38.3 Å². The lowest BCUT2D eigenvalue weighted by molar-refractivity contribution is -0.127. The summed E-state index contributed by atoms with van der Waals surface area (Å²) in [5.41, 5.74) is 0.380. The zero-order chi connectivity index (χ0) is 11.6. The zero-order valence-corrected chi connectivity index (χ0v) is 10.4. The summed E-state index contributed by atoms with van der Waals surface area (Å²) in [6, 6.07) is 0.419. The van der Waals surface area contributed by atoms with Crippen molar-refractivity contribution in [2.45, 2.75) is 52.0 Å². The highest BCUT2D eigenvalue weighted by Crippen LogP contribution is 2.48. The molecule has 0 aromatic rings. The quantitative estimate of drug-likeness (QED) is 0.799. The van der Waals surface area contributed by atoms with E-state index in [1.54, 1.807) is 0 Å². The fourth-order valence-corrected chi connectivity index (χ4v) is 2.92. The molecule has 3 heteroatoms. The number of amides is 1. The van der Waals surface area contributed by atoms with E-state index in [1.807, 2.05) is 0 Å². The highest BCUT2D eigenvalue weighted by Gasteiger charge is 2.47. The van der Waals surface area contributed by atoms with Crippen LogP contribution >= 0.6 is 0 Å². The van der Waals surface area contributed by atoms with Gasteiger partial charge in [0.2, 0.25) is 5.91 Å². The van der Waals surface area contributed by atoms with E-state index in [1.165, 1.54) is 6.42 Å². The SMILES string of the molecule is CC(C)CC(=O)N[C@H]1CCC12CCOCC2. The maximum Gasteiger partial charge on any atom is 0.220 e. The molecule has 0 bridgehead atoms. The Bertz CT molecular complexity index is 257. The second kappa shape index (κ2) is 4.74. The normalized spacial score (nSPS) is 27.8. The number of carbonyl (C=O) groups excluding carboxylic acids is 1. The predicted octanol–water partition coefficient (Wildman–Crippen LogP) is 2.11. The molecular weight excluding hydrogens is 202 g/mol. The maximum atomic E-state index is 11.7. The molecule has 1 N–H and O–H groups in total. The van der Waals surface area contributed by atoms with E-state index in [4.69, 9.17) is 4.74 Å². The second-order valence-electron chi connectivity index (χ2n) is 5.73. The Morgan fingerprint density at radius 2 is 2.06 bits per heavy atom. The monoisotopic (exact) mass is 225 g/mol. The molecule has 1 aliphatic heterocycles. The molecule has 2 aliphatic rings. The lowest BCUT2D eigenvalue weighted by atomic mass is 9.60. The maximum absolute atomic E-state index is 11.7. The van der Waals surface area contributed by atoms with Crippen LogP contribution in [-0.2, 0) is 9.53 Å². The Morgan fingerprint density at radius 3 is 2.56 bits per heavy atom. The fourth-order valence-electron chi connectivity index (χ4n) is 2.92. The van der Waals surface area contributed by atoms with Crippen LogP contribution in [0.3, 0.4) is 0 Å². The van der Waals surface area contributed by atoms with Gasteiger partial charge in [-0.2, -0.15) is 0 Å². The third-order valence-corrected chi connectivity index (χ3v) is 4.09. The van der Waals surface area contributed by atoms with Crippen molar-refractivity contribution in [2.24, 2.45) is 11.3 Å². The van der Waals surface area contributed by atoms with Gasteiger partial charge in [-0.05, 0) is 37.0 Å². The predicted molar refractivity (Wildman–Crippen MR) is 63.1 cm³/mol. The molecule has 0 aromatic heterocycles. The Kier molecular flexibility index (Phi) is 3.53. The highest BCUT2D eigenvalue weighted by atomic mass is 16.5. The summed E-state index contributed by atoms with van der Waals surface area (Å²) in [5, 5.41) is 3.21. The van der Waals surface area contributed by atoms with Gasteiger partial charge in [0.05, 0.1) is 0 Å². The molecule has 16 heavy (non-hydrogen) atoms. The van der Waals surface area contributed by atoms with Gasteiger partial charge in [-0.25, -0.2) is 0 Å². The van der Waals surface area contributed by atoms with Crippen LogP contribution in [0.25, 0.3) is 0 Å². The first kappa shape index (κ1) is 11.9. The minimum atomic E-state index is 0.227. The van der Waals surface area contributed by atoms with Crippen molar-refractivity contribution in [1.82, 2.24) is 5.32 Å². The standard InChI is InChI=1S/C13H23NO2/c1-10(2)9-12(15)14-11-3-4-13(11)5-7-16-8-6-13/h10-11H,3-9H2,1-2H3,(H,14,15)/t11-/m0/s1. The molecule has 2 fully saturated rings. The summed E-state index contributed by atoms with van der Waals surface area (Å²) < 4.78 is 5.41. The molecule has 2 rings (SSSR count). The van der Waals surface area contributed by atoms with E-state index in [0.29, 0.717) is 23.8 Å². The van der Waals surface area contributed by atoms with Gasteiger partial charge in [0.25, 0.3) is 0 Å². The van der Waals surface area contributed by atoms with Gasteiger partial charge in [-0.1, -0.05) is 13.8 Å². The van der Waals surface area contributed by atoms with Gasteiger partial charge in [-0.3, -0.25) is 4.79 Å². The molecule has 1 heterocycles. The Labute approximate surface area is 97.9 Å². The molecule has 1 spiro atoms. The van der Waals surface area contributed by atoms with Gasteiger partial charge in [0, 0.05) is 25.7 Å². The summed E-state index contributed by atoms with van der Waals surface area (Å²) in [5.74, 6) is 0.677. The number of rotatable bonds is 3. The van der Waals surface area contributed by atoms with Crippen LogP contribution in [0.2, 0.25) is 0 Å². The van der Waals surface area contributed by atoms with Crippen molar-refractivity contribution in [1.29, 1.82) is 0 Å². The zero-order valence-electron chi connectivity index (χ0n) is 10.4. The molecule has 0 radical (unpaired) electrons. The van der Waals surface area contributed by atoms with Crippen molar-refractivity contribution >= 4 is 5.91 Å². The van der Waals surface area contributed by atoms with Crippen LogP contribution in [0.4, 0.5) is 0 Å². The number of nitrogens with one attached hydrogen (secondary N) is 1. The van der Waals surface area contributed by atoms with E-state index >= 15 is 0 Å². The van der Waals surface area contributed by atoms with Crippen LogP contribution in [-0.4, -0.2) is 25.2 Å². The molecule has 0 aromatic carbocycles. The molecule has 3 nitrogen and oxygen atoms in total.